The van der Waals surface area contributed by atoms with Crippen molar-refractivity contribution in [3.8, 4) is 5.75 Å². The van der Waals surface area contributed by atoms with E-state index in [9.17, 15) is 4.79 Å². The lowest BCUT2D eigenvalue weighted by atomic mass is 10.2. The Morgan fingerprint density at radius 2 is 2.00 bits per heavy atom. The van der Waals surface area contributed by atoms with E-state index in [0.717, 1.165) is 16.8 Å². The van der Waals surface area contributed by atoms with E-state index in [1.165, 1.54) is 0 Å². The van der Waals surface area contributed by atoms with E-state index in [4.69, 9.17) is 21.4 Å². The third kappa shape index (κ3) is 4.61. The van der Waals surface area contributed by atoms with Crippen LogP contribution in [0.25, 0.3) is 0 Å². The number of benzene rings is 2. The average molecular weight is 304 g/mol. The fourth-order valence-corrected chi connectivity index (χ4v) is 1.78. The summed E-state index contributed by atoms with van der Waals surface area (Å²) >= 11 is 6.04. The second-order valence-electron chi connectivity index (χ2n) is 4.44. The van der Waals surface area contributed by atoms with E-state index in [1.54, 1.807) is 36.5 Å². The van der Waals surface area contributed by atoms with Crippen molar-refractivity contribution in [3.05, 3.63) is 58.6 Å². The number of aliphatic imine (C=N–C) groups is 1. The molecule has 0 aromatic heterocycles. The Morgan fingerprint density at radius 1 is 1.29 bits per heavy atom. The van der Waals surface area contributed by atoms with Crippen molar-refractivity contribution in [1.82, 2.24) is 0 Å². The molecule has 0 aliphatic rings. The number of aryl methyl sites for hydroxylation is 1. The van der Waals surface area contributed by atoms with Gasteiger partial charge in [0.2, 0.25) is 0 Å². The summed E-state index contributed by atoms with van der Waals surface area (Å²) in [6.45, 7) is 1.58. The number of aliphatic carboxylic acids is 1. The summed E-state index contributed by atoms with van der Waals surface area (Å²) in [6, 6.07) is 12.6. The molecular formula is C16H14ClNO3. The molecule has 0 unspecified atom stereocenters. The molecule has 4 nitrogen and oxygen atoms in total. The van der Waals surface area contributed by atoms with Crippen LogP contribution in [-0.2, 0) is 4.79 Å². The number of hydrogen-bond donors (Lipinski definition) is 1. The molecule has 0 heterocycles. The van der Waals surface area contributed by atoms with Crippen molar-refractivity contribution in [3.63, 3.8) is 0 Å². The summed E-state index contributed by atoms with van der Waals surface area (Å²) in [5.41, 5.74) is 2.67. The summed E-state index contributed by atoms with van der Waals surface area (Å²) < 4.78 is 5.05. The maximum Gasteiger partial charge on any atom is 0.341 e. The van der Waals surface area contributed by atoms with E-state index in [0.29, 0.717) is 10.8 Å². The Kier molecular flexibility index (Phi) is 4.95. The molecule has 0 radical (unpaired) electrons. The third-order valence-electron chi connectivity index (χ3n) is 2.76. The zero-order valence-corrected chi connectivity index (χ0v) is 12.2. The van der Waals surface area contributed by atoms with E-state index in [2.05, 4.69) is 4.99 Å². The van der Waals surface area contributed by atoms with Crippen molar-refractivity contribution >= 4 is 29.5 Å². The summed E-state index contributed by atoms with van der Waals surface area (Å²) in [7, 11) is 0. The lowest BCUT2D eigenvalue weighted by Gasteiger charge is -2.03. The minimum absolute atomic E-state index is 0.352. The van der Waals surface area contributed by atoms with Crippen LogP contribution in [0.2, 0.25) is 5.02 Å². The molecule has 5 heteroatoms. The largest absolute Gasteiger partial charge is 0.482 e. The number of halogens is 1. The Morgan fingerprint density at radius 3 is 2.62 bits per heavy atom. The normalized spacial score (nSPS) is 10.8. The van der Waals surface area contributed by atoms with Crippen LogP contribution in [0.4, 0.5) is 5.69 Å². The van der Waals surface area contributed by atoms with E-state index in [1.807, 2.05) is 19.1 Å². The van der Waals surface area contributed by atoms with Gasteiger partial charge in [-0.2, -0.15) is 0 Å². The molecule has 0 aliphatic carbocycles. The highest BCUT2D eigenvalue weighted by Gasteiger charge is 1.99. The first-order chi connectivity index (χ1) is 10.0. The highest BCUT2D eigenvalue weighted by molar-refractivity contribution is 6.31. The minimum atomic E-state index is -1.00. The SMILES string of the molecule is Cc1ccc(N=Cc2ccc(OCC(=O)O)cc2)cc1Cl. The van der Waals surface area contributed by atoms with Gasteiger partial charge in [-0.25, -0.2) is 4.79 Å². The predicted octanol–water partition coefficient (Wildman–Crippen LogP) is 3.86. The first-order valence-electron chi connectivity index (χ1n) is 6.29. The molecule has 0 atom stereocenters. The van der Waals surface area contributed by atoms with Gasteiger partial charge in [-0.15, -0.1) is 0 Å². The minimum Gasteiger partial charge on any atom is -0.482 e. The van der Waals surface area contributed by atoms with Crippen molar-refractivity contribution in [1.29, 1.82) is 0 Å². The fraction of sp³-hybridized carbons (Fsp3) is 0.125. The van der Waals surface area contributed by atoms with Gasteiger partial charge in [0.25, 0.3) is 0 Å². The molecule has 1 N–H and O–H groups in total. The zero-order chi connectivity index (χ0) is 15.2. The third-order valence-corrected chi connectivity index (χ3v) is 3.17. The highest BCUT2D eigenvalue weighted by Crippen LogP contribution is 2.22. The number of carbonyl (C=O) groups is 1. The molecule has 0 bridgehead atoms. The first kappa shape index (κ1) is 15.1. The van der Waals surface area contributed by atoms with Gasteiger partial charge in [0, 0.05) is 11.2 Å². The van der Waals surface area contributed by atoms with Gasteiger partial charge in [-0.3, -0.25) is 4.99 Å². The lowest BCUT2D eigenvalue weighted by Crippen LogP contribution is -2.09. The monoisotopic (exact) mass is 303 g/mol. The first-order valence-corrected chi connectivity index (χ1v) is 6.67. The summed E-state index contributed by atoms with van der Waals surface area (Å²) in [6.07, 6.45) is 1.71. The van der Waals surface area contributed by atoms with Gasteiger partial charge in [0.05, 0.1) is 5.69 Å². The number of carboxylic acid groups (broad SMARTS) is 1. The molecule has 0 fully saturated rings. The quantitative estimate of drug-likeness (QED) is 0.853. The van der Waals surface area contributed by atoms with E-state index < -0.39 is 5.97 Å². The molecule has 2 aromatic rings. The number of ether oxygens (including phenoxy) is 1. The van der Waals surface area contributed by atoms with Gasteiger partial charge in [-0.05, 0) is 54.4 Å². The van der Waals surface area contributed by atoms with Gasteiger partial charge in [0.15, 0.2) is 6.61 Å². The Bertz CT molecular complexity index is 666. The topological polar surface area (TPSA) is 58.9 Å². The smallest absolute Gasteiger partial charge is 0.341 e. The Balaban J connectivity index is 2.03. The van der Waals surface area contributed by atoms with Crippen molar-refractivity contribution in [2.75, 3.05) is 6.61 Å². The molecule has 0 saturated carbocycles. The van der Waals surface area contributed by atoms with Crippen LogP contribution in [0, 0.1) is 6.92 Å². The van der Waals surface area contributed by atoms with E-state index >= 15 is 0 Å². The molecule has 21 heavy (non-hydrogen) atoms. The standard InChI is InChI=1S/C16H14ClNO3/c1-11-2-5-13(8-15(11)17)18-9-12-3-6-14(7-4-12)21-10-16(19)20/h2-9H,10H2,1H3,(H,19,20). The fourth-order valence-electron chi connectivity index (χ4n) is 1.61. The van der Waals surface area contributed by atoms with Crippen LogP contribution in [-0.4, -0.2) is 23.9 Å². The molecule has 0 aliphatic heterocycles. The molecule has 2 aromatic carbocycles. The average Bonchev–Trinajstić information content (AvgIpc) is 2.47. The highest BCUT2D eigenvalue weighted by atomic mass is 35.5. The van der Waals surface area contributed by atoms with Crippen LogP contribution in [0.1, 0.15) is 11.1 Å². The van der Waals surface area contributed by atoms with Crippen molar-refractivity contribution < 1.29 is 14.6 Å². The Hall–Kier alpha value is -2.33. The lowest BCUT2D eigenvalue weighted by molar-refractivity contribution is -0.139. The van der Waals surface area contributed by atoms with Crippen LogP contribution >= 0.6 is 11.6 Å². The maximum absolute atomic E-state index is 10.4. The second kappa shape index (κ2) is 6.90. The zero-order valence-electron chi connectivity index (χ0n) is 11.4. The molecule has 0 spiro atoms. The summed E-state index contributed by atoms with van der Waals surface area (Å²) in [5, 5.41) is 9.21. The number of hydrogen-bond acceptors (Lipinski definition) is 3. The molecule has 108 valence electrons. The van der Waals surface area contributed by atoms with Gasteiger partial charge < -0.3 is 9.84 Å². The molecular weight excluding hydrogens is 290 g/mol. The molecule has 2 rings (SSSR count). The van der Waals surface area contributed by atoms with Crippen LogP contribution < -0.4 is 4.74 Å². The van der Waals surface area contributed by atoms with E-state index in [-0.39, 0.29) is 6.61 Å². The van der Waals surface area contributed by atoms with Crippen LogP contribution in [0.5, 0.6) is 5.75 Å². The summed E-state index contributed by atoms with van der Waals surface area (Å²) in [5.74, 6) is -0.496. The number of nitrogens with zero attached hydrogens (tertiary/aromatic N) is 1. The maximum atomic E-state index is 10.4. The predicted molar refractivity (Wildman–Crippen MR) is 83.0 cm³/mol. The van der Waals surface area contributed by atoms with Gasteiger partial charge in [0.1, 0.15) is 5.75 Å². The van der Waals surface area contributed by atoms with Crippen LogP contribution in [0.15, 0.2) is 47.5 Å². The van der Waals surface area contributed by atoms with Crippen LogP contribution in [0.3, 0.4) is 0 Å². The Labute approximate surface area is 127 Å². The number of rotatable bonds is 5. The second-order valence-corrected chi connectivity index (χ2v) is 4.85. The number of carboxylic acids is 1. The van der Waals surface area contributed by atoms with Crippen molar-refractivity contribution in [2.45, 2.75) is 6.92 Å². The molecule has 0 saturated heterocycles. The molecule has 0 amide bonds. The van der Waals surface area contributed by atoms with Gasteiger partial charge >= 0.3 is 5.97 Å². The summed E-state index contributed by atoms with van der Waals surface area (Å²) in [4.78, 5) is 14.7. The van der Waals surface area contributed by atoms with Gasteiger partial charge in [-0.1, -0.05) is 17.7 Å². The van der Waals surface area contributed by atoms with Crippen molar-refractivity contribution in [2.24, 2.45) is 4.99 Å².